The molecule has 2 aromatic rings. The Morgan fingerprint density at radius 1 is 1.05 bits per heavy atom. The Balaban J connectivity index is 1.79. The van der Waals surface area contributed by atoms with E-state index in [4.69, 9.17) is 4.74 Å². The number of benzene rings is 2. The van der Waals surface area contributed by atoms with Crippen LogP contribution in [0.2, 0.25) is 0 Å². The van der Waals surface area contributed by atoms with E-state index in [1.54, 1.807) is 11.9 Å². The molecule has 1 heterocycles. The van der Waals surface area contributed by atoms with Gasteiger partial charge in [-0.3, -0.25) is 4.79 Å². The molecule has 1 saturated heterocycles. The maximum atomic E-state index is 12.6. The number of para-hydroxylation sites is 1. The second-order valence-corrected chi connectivity index (χ2v) is 5.22. The van der Waals surface area contributed by atoms with Crippen LogP contribution < -0.4 is 4.90 Å². The zero-order chi connectivity index (χ0) is 14.2. The van der Waals surface area contributed by atoms with E-state index >= 15 is 0 Å². The number of epoxide rings is 1. The first-order valence-corrected chi connectivity index (χ1v) is 6.69. The highest BCUT2D eigenvalue weighted by atomic mass is 16.6. The summed E-state index contributed by atoms with van der Waals surface area (Å²) in [4.78, 5) is 14.3. The molecule has 0 bridgehead atoms. The number of likely N-dealkylation sites (N-methyl/N-ethyl adjacent to an activating group) is 1. The second kappa shape index (κ2) is 4.76. The Morgan fingerprint density at radius 2 is 1.60 bits per heavy atom. The molecular formula is C17H17NO2. The molecule has 0 aromatic heterocycles. The Kier molecular flexibility index (Phi) is 3.07. The largest absolute Gasteiger partial charge is 0.351 e. The minimum atomic E-state index is -0.758. The molecule has 1 aliphatic rings. The van der Waals surface area contributed by atoms with E-state index in [-0.39, 0.29) is 12.0 Å². The summed E-state index contributed by atoms with van der Waals surface area (Å²) in [7, 11) is 1.78. The number of ether oxygens (including phenoxy) is 1. The van der Waals surface area contributed by atoms with Gasteiger partial charge >= 0.3 is 0 Å². The Labute approximate surface area is 118 Å². The van der Waals surface area contributed by atoms with E-state index in [2.05, 4.69) is 0 Å². The van der Waals surface area contributed by atoms with Crippen molar-refractivity contribution in [3.63, 3.8) is 0 Å². The molecule has 20 heavy (non-hydrogen) atoms. The third kappa shape index (κ3) is 2.10. The van der Waals surface area contributed by atoms with Crippen molar-refractivity contribution in [1.82, 2.24) is 0 Å². The van der Waals surface area contributed by atoms with Crippen LogP contribution in [-0.4, -0.2) is 18.6 Å². The van der Waals surface area contributed by atoms with E-state index in [0.29, 0.717) is 0 Å². The van der Waals surface area contributed by atoms with Crippen LogP contribution in [0.5, 0.6) is 0 Å². The number of rotatable bonds is 3. The van der Waals surface area contributed by atoms with Gasteiger partial charge in [-0.05, 0) is 24.6 Å². The van der Waals surface area contributed by atoms with Gasteiger partial charge in [0.25, 0.3) is 5.91 Å². The van der Waals surface area contributed by atoms with Gasteiger partial charge in [-0.2, -0.15) is 0 Å². The van der Waals surface area contributed by atoms with Gasteiger partial charge < -0.3 is 9.64 Å². The predicted molar refractivity (Wildman–Crippen MR) is 78.5 cm³/mol. The highest BCUT2D eigenvalue weighted by Crippen LogP contribution is 2.50. The first-order chi connectivity index (χ1) is 9.63. The molecule has 2 aromatic carbocycles. The van der Waals surface area contributed by atoms with Crippen LogP contribution in [0, 0.1) is 0 Å². The topological polar surface area (TPSA) is 32.8 Å². The average Bonchev–Trinajstić information content (AvgIpc) is 3.21. The summed E-state index contributed by atoms with van der Waals surface area (Å²) in [5.41, 5.74) is 1.16. The first-order valence-electron chi connectivity index (χ1n) is 6.69. The number of carbonyl (C=O) groups excluding carboxylic acids is 1. The fourth-order valence-corrected chi connectivity index (χ4v) is 2.49. The summed E-state index contributed by atoms with van der Waals surface area (Å²) in [6, 6.07) is 19.5. The summed E-state index contributed by atoms with van der Waals surface area (Å²) in [6.07, 6.45) is -0.151. The van der Waals surface area contributed by atoms with Crippen molar-refractivity contribution < 1.29 is 9.53 Å². The number of nitrogens with zero attached hydrogens (tertiary/aromatic N) is 1. The first kappa shape index (κ1) is 12.9. The molecule has 0 radical (unpaired) electrons. The molecule has 1 aliphatic heterocycles. The number of hydrogen-bond donors (Lipinski definition) is 0. The van der Waals surface area contributed by atoms with Crippen LogP contribution in [0.3, 0.4) is 0 Å². The molecule has 0 unspecified atom stereocenters. The standard InChI is InChI=1S/C17H17NO2/c1-17(15(20-17)13-9-5-3-6-10-13)16(19)18(2)14-11-7-4-8-12-14/h3-12,15H,1-2H3/t15-,17+/m1/s1. The molecule has 3 rings (SSSR count). The zero-order valence-corrected chi connectivity index (χ0v) is 11.6. The predicted octanol–water partition coefficient (Wildman–Crippen LogP) is 3.18. The highest BCUT2D eigenvalue weighted by molar-refractivity contribution is 6.01. The lowest BCUT2D eigenvalue weighted by atomic mass is 10.00. The monoisotopic (exact) mass is 267 g/mol. The van der Waals surface area contributed by atoms with Gasteiger partial charge in [0.2, 0.25) is 0 Å². The van der Waals surface area contributed by atoms with Crippen molar-refractivity contribution in [1.29, 1.82) is 0 Å². The van der Waals surface area contributed by atoms with Crippen LogP contribution in [-0.2, 0) is 9.53 Å². The third-order valence-corrected chi connectivity index (χ3v) is 3.78. The molecule has 0 spiro atoms. The van der Waals surface area contributed by atoms with Gasteiger partial charge in [-0.25, -0.2) is 0 Å². The maximum Gasteiger partial charge on any atom is 0.261 e. The Bertz CT molecular complexity index is 611. The Morgan fingerprint density at radius 3 is 2.20 bits per heavy atom. The Hall–Kier alpha value is -2.13. The van der Waals surface area contributed by atoms with Crippen molar-refractivity contribution in [2.75, 3.05) is 11.9 Å². The van der Waals surface area contributed by atoms with Crippen molar-refractivity contribution in [3.05, 3.63) is 66.2 Å². The molecule has 3 nitrogen and oxygen atoms in total. The van der Waals surface area contributed by atoms with Crippen LogP contribution in [0.15, 0.2) is 60.7 Å². The van der Waals surface area contributed by atoms with Gasteiger partial charge in [-0.15, -0.1) is 0 Å². The van der Waals surface area contributed by atoms with Crippen LogP contribution in [0.1, 0.15) is 18.6 Å². The van der Waals surface area contributed by atoms with E-state index in [0.717, 1.165) is 11.3 Å². The van der Waals surface area contributed by atoms with Gasteiger partial charge in [0.05, 0.1) is 0 Å². The number of amides is 1. The van der Waals surface area contributed by atoms with Crippen molar-refractivity contribution >= 4 is 11.6 Å². The van der Waals surface area contributed by atoms with Crippen molar-refractivity contribution in [3.8, 4) is 0 Å². The van der Waals surface area contributed by atoms with Crippen LogP contribution >= 0.6 is 0 Å². The fraction of sp³-hybridized carbons (Fsp3) is 0.235. The van der Waals surface area contributed by atoms with E-state index in [1.165, 1.54) is 0 Å². The molecule has 3 heteroatoms. The SMILES string of the molecule is CN(C(=O)[C@@]1(C)O[C@@H]1c1ccccc1)c1ccccc1. The quantitative estimate of drug-likeness (QED) is 0.800. The molecule has 102 valence electrons. The van der Waals surface area contributed by atoms with Crippen LogP contribution in [0.4, 0.5) is 5.69 Å². The molecule has 1 amide bonds. The minimum Gasteiger partial charge on any atom is -0.351 e. The molecule has 0 N–H and O–H groups in total. The normalized spacial score (nSPS) is 24.2. The highest BCUT2D eigenvalue weighted by Gasteiger charge is 2.60. The fourth-order valence-electron chi connectivity index (χ4n) is 2.49. The summed E-state index contributed by atoms with van der Waals surface area (Å²) >= 11 is 0. The third-order valence-electron chi connectivity index (χ3n) is 3.78. The van der Waals surface area contributed by atoms with Crippen molar-refractivity contribution in [2.45, 2.75) is 18.6 Å². The van der Waals surface area contributed by atoms with E-state index < -0.39 is 5.60 Å². The maximum absolute atomic E-state index is 12.6. The number of anilines is 1. The second-order valence-electron chi connectivity index (χ2n) is 5.22. The number of carbonyl (C=O) groups is 1. The summed E-state index contributed by atoms with van der Waals surface area (Å²) < 4.78 is 5.70. The zero-order valence-electron chi connectivity index (χ0n) is 11.6. The van der Waals surface area contributed by atoms with Gasteiger partial charge in [0, 0.05) is 12.7 Å². The van der Waals surface area contributed by atoms with Gasteiger partial charge in [0.15, 0.2) is 5.60 Å². The molecule has 0 aliphatic carbocycles. The molecule has 2 atom stereocenters. The van der Waals surface area contributed by atoms with E-state index in [1.807, 2.05) is 67.6 Å². The summed E-state index contributed by atoms with van der Waals surface area (Å²) in [5, 5.41) is 0. The lowest BCUT2D eigenvalue weighted by Gasteiger charge is -2.19. The average molecular weight is 267 g/mol. The smallest absolute Gasteiger partial charge is 0.261 e. The summed E-state index contributed by atoms with van der Waals surface area (Å²) in [5.74, 6) is -0.0162. The van der Waals surface area contributed by atoms with Crippen molar-refractivity contribution in [2.24, 2.45) is 0 Å². The lowest BCUT2D eigenvalue weighted by molar-refractivity contribution is -0.122. The lowest BCUT2D eigenvalue weighted by Crippen LogP contribution is -2.37. The number of hydrogen-bond acceptors (Lipinski definition) is 2. The minimum absolute atomic E-state index is 0.0162. The molecular weight excluding hydrogens is 250 g/mol. The van der Waals surface area contributed by atoms with Crippen LogP contribution in [0.25, 0.3) is 0 Å². The molecule has 1 fully saturated rings. The molecule has 0 saturated carbocycles. The summed E-state index contributed by atoms with van der Waals surface area (Å²) in [6.45, 7) is 1.85. The van der Waals surface area contributed by atoms with Gasteiger partial charge in [0.1, 0.15) is 6.10 Å². The van der Waals surface area contributed by atoms with Gasteiger partial charge in [-0.1, -0.05) is 48.5 Å². The van der Waals surface area contributed by atoms with E-state index in [9.17, 15) is 4.79 Å².